The van der Waals surface area contributed by atoms with Gasteiger partial charge in [-0.05, 0) is 36.7 Å². The van der Waals surface area contributed by atoms with Crippen molar-refractivity contribution in [2.24, 2.45) is 5.92 Å². The minimum atomic E-state index is 0.115. The largest absolute Gasteiger partial charge is 0.338 e. The third-order valence-corrected chi connectivity index (χ3v) is 5.47. The Morgan fingerprint density at radius 2 is 2.12 bits per heavy atom. The number of carbonyl (C=O) groups is 1. The maximum Gasteiger partial charge on any atom is 0.267 e. The van der Waals surface area contributed by atoms with Gasteiger partial charge in [-0.25, -0.2) is 4.98 Å². The van der Waals surface area contributed by atoms with Gasteiger partial charge in [-0.15, -0.1) is 5.10 Å². The zero-order chi connectivity index (χ0) is 16.9. The van der Waals surface area contributed by atoms with Crippen LogP contribution in [0.4, 0.5) is 0 Å². The third kappa shape index (κ3) is 3.66. The maximum absolute atomic E-state index is 12.7. The van der Waals surface area contributed by atoms with Gasteiger partial charge in [0.15, 0.2) is 0 Å². The number of amides is 1. The van der Waals surface area contributed by atoms with Crippen molar-refractivity contribution in [2.45, 2.75) is 52.5 Å². The van der Waals surface area contributed by atoms with Crippen molar-refractivity contribution < 1.29 is 4.79 Å². The van der Waals surface area contributed by atoms with E-state index in [-0.39, 0.29) is 5.91 Å². The zero-order valence-corrected chi connectivity index (χ0v) is 15.3. The molecule has 130 valence electrons. The number of aryl methyl sites for hydroxylation is 2. The van der Waals surface area contributed by atoms with E-state index < -0.39 is 0 Å². The summed E-state index contributed by atoms with van der Waals surface area (Å²) in [4.78, 5) is 19.8. The Hall–Kier alpha value is -1.76. The van der Waals surface area contributed by atoms with Crippen LogP contribution in [0.3, 0.4) is 0 Å². The molecule has 7 heteroatoms. The lowest BCUT2D eigenvalue weighted by Gasteiger charge is -2.32. The summed E-state index contributed by atoms with van der Waals surface area (Å²) in [5.74, 6) is 1.88. The molecule has 0 bridgehead atoms. The van der Waals surface area contributed by atoms with Crippen LogP contribution in [-0.2, 0) is 19.4 Å². The van der Waals surface area contributed by atoms with Gasteiger partial charge in [-0.1, -0.05) is 24.8 Å². The maximum atomic E-state index is 12.7. The first-order chi connectivity index (χ1) is 11.7. The van der Waals surface area contributed by atoms with E-state index in [2.05, 4.69) is 39.2 Å². The second kappa shape index (κ2) is 7.88. The van der Waals surface area contributed by atoms with Crippen molar-refractivity contribution in [1.82, 2.24) is 24.0 Å². The van der Waals surface area contributed by atoms with Crippen LogP contribution in [0.5, 0.6) is 0 Å². The van der Waals surface area contributed by atoms with Crippen molar-refractivity contribution in [3.63, 3.8) is 0 Å². The lowest BCUT2D eigenvalue weighted by molar-refractivity contribution is 0.0686. The molecule has 3 rings (SSSR count). The van der Waals surface area contributed by atoms with Crippen molar-refractivity contribution in [2.75, 3.05) is 13.1 Å². The molecule has 1 amide bonds. The van der Waals surface area contributed by atoms with Crippen LogP contribution in [0.15, 0.2) is 12.4 Å². The Labute approximate surface area is 147 Å². The number of likely N-dealkylation sites (tertiary alicyclic amines) is 1. The van der Waals surface area contributed by atoms with E-state index >= 15 is 0 Å². The summed E-state index contributed by atoms with van der Waals surface area (Å²) in [6.45, 7) is 6.89. The second-order valence-corrected chi connectivity index (χ2v) is 7.14. The number of rotatable bonds is 6. The molecule has 1 aliphatic heterocycles. The summed E-state index contributed by atoms with van der Waals surface area (Å²) in [7, 11) is 0. The minimum absolute atomic E-state index is 0.115. The molecule has 24 heavy (non-hydrogen) atoms. The molecule has 0 aromatic carbocycles. The molecular weight excluding hydrogens is 322 g/mol. The van der Waals surface area contributed by atoms with Gasteiger partial charge in [0.25, 0.3) is 5.91 Å². The highest BCUT2D eigenvalue weighted by molar-refractivity contribution is 7.08. The number of carbonyl (C=O) groups excluding carboxylic acids is 1. The Morgan fingerprint density at radius 1 is 1.33 bits per heavy atom. The Bertz CT molecular complexity index is 672. The summed E-state index contributed by atoms with van der Waals surface area (Å²) in [5.41, 5.74) is 0.862. The van der Waals surface area contributed by atoms with E-state index in [9.17, 15) is 4.79 Å². The Morgan fingerprint density at radius 3 is 2.83 bits per heavy atom. The highest BCUT2D eigenvalue weighted by Crippen LogP contribution is 2.23. The molecule has 1 aliphatic rings. The highest BCUT2D eigenvalue weighted by atomic mass is 32.1. The van der Waals surface area contributed by atoms with Gasteiger partial charge >= 0.3 is 0 Å². The normalized spacial score (nSPS) is 15.8. The molecule has 0 unspecified atom stereocenters. The van der Waals surface area contributed by atoms with E-state index in [0.717, 1.165) is 68.1 Å². The Balaban J connectivity index is 1.56. The molecule has 0 radical (unpaired) electrons. The summed E-state index contributed by atoms with van der Waals surface area (Å²) >= 11 is 1.24. The molecule has 2 aromatic heterocycles. The first kappa shape index (κ1) is 17.1. The molecular formula is C17H25N5OS. The van der Waals surface area contributed by atoms with Crippen molar-refractivity contribution in [1.29, 1.82) is 0 Å². The molecule has 3 heterocycles. The van der Waals surface area contributed by atoms with Crippen molar-refractivity contribution in [3.8, 4) is 0 Å². The number of hydrogen-bond acceptors (Lipinski definition) is 5. The molecule has 1 saturated heterocycles. The fourth-order valence-electron chi connectivity index (χ4n) is 3.33. The standard InChI is InChI=1S/C17H25N5OS/c1-3-5-14-16(24-20-19-14)17(23)21-9-6-13(7-10-21)12-22-11-8-18-15(22)4-2/h8,11,13H,3-7,9-10,12H2,1-2H3. The van der Waals surface area contributed by atoms with E-state index in [1.807, 2.05) is 11.1 Å². The number of imidazole rings is 1. The SMILES string of the molecule is CCCc1nnsc1C(=O)N1CCC(Cn2ccnc2CC)CC1. The quantitative estimate of drug-likeness (QED) is 0.806. The number of nitrogens with zero attached hydrogens (tertiary/aromatic N) is 5. The topological polar surface area (TPSA) is 63.9 Å². The molecule has 6 nitrogen and oxygen atoms in total. The van der Waals surface area contributed by atoms with Crippen LogP contribution in [0, 0.1) is 5.92 Å². The van der Waals surface area contributed by atoms with Crippen LogP contribution < -0.4 is 0 Å². The predicted octanol–water partition coefficient (Wildman–Crippen LogP) is 2.80. The first-order valence-electron chi connectivity index (χ1n) is 8.83. The molecule has 2 aromatic rings. The molecule has 0 saturated carbocycles. The molecule has 0 atom stereocenters. The van der Waals surface area contributed by atoms with E-state index in [4.69, 9.17) is 0 Å². The molecule has 0 N–H and O–H groups in total. The van der Waals surface area contributed by atoms with E-state index in [0.29, 0.717) is 5.92 Å². The predicted molar refractivity (Wildman–Crippen MR) is 94.1 cm³/mol. The zero-order valence-electron chi connectivity index (χ0n) is 14.4. The fraction of sp³-hybridized carbons (Fsp3) is 0.647. The average molecular weight is 347 g/mol. The van der Waals surface area contributed by atoms with Gasteiger partial charge in [0, 0.05) is 38.4 Å². The lowest BCUT2D eigenvalue weighted by Crippen LogP contribution is -2.39. The van der Waals surface area contributed by atoms with Crippen LogP contribution in [-0.4, -0.2) is 43.0 Å². The van der Waals surface area contributed by atoms with Gasteiger partial charge in [-0.2, -0.15) is 0 Å². The van der Waals surface area contributed by atoms with Crippen LogP contribution in [0.2, 0.25) is 0 Å². The lowest BCUT2D eigenvalue weighted by atomic mass is 9.96. The molecule has 0 spiro atoms. The second-order valence-electron chi connectivity index (χ2n) is 6.38. The monoisotopic (exact) mass is 347 g/mol. The van der Waals surface area contributed by atoms with Crippen molar-refractivity contribution in [3.05, 3.63) is 28.8 Å². The van der Waals surface area contributed by atoms with Crippen LogP contribution in [0.1, 0.15) is 54.3 Å². The highest BCUT2D eigenvalue weighted by Gasteiger charge is 2.27. The third-order valence-electron chi connectivity index (χ3n) is 4.71. The summed E-state index contributed by atoms with van der Waals surface area (Å²) in [5, 5.41) is 4.12. The number of piperidine rings is 1. The fourth-order valence-corrected chi connectivity index (χ4v) is 4.01. The van der Waals surface area contributed by atoms with Crippen LogP contribution >= 0.6 is 11.5 Å². The average Bonchev–Trinajstić information content (AvgIpc) is 3.24. The number of aromatic nitrogens is 4. The molecule has 0 aliphatic carbocycles. The first-order valence-corrected chi connectivity index (χ1v) is 9.60. The summed E-state index contributed by atoms with van der Waals surface area (Å²) in [6, 6.07) is 0. The summed E-state index contributed by atoms with van der Waals surface area (Å²) < 4.78 is 6.23. The number of hydrogen-bond donors (Lipinski definition) is 0. The van der Waals surface area contributed by atoms with Crippen LogP contribution in [0.25, 0.3) is 0 Å². The van der Waals surface area contributed by atoms with E-state index in [1.54, 1.807) is 0 Å². The van der Waals surface area contributed by atoms with E-state index in [1.165, 1.54) is 11.5 Å². The molecule has 1 fully saturated rings. The van der Waals surface area contributed by atoms with Crippen molar-refractivity contribution >= 4 is 17.4 Å². The minimum Gasteiger partial charge on any atom is -0.338 e. The van der Waals surface area contributed by atoms with Gasteiger partial charge in [0.05, 0.1) is 5.69 Å². The summed E-state index contributed by atoms with van der Waals surface area (Å²) in [6.07, 6.45) is 8.81. The van der Waals surface area contributed by atoms with Gasteiger partial charge < -0.3 is 9.47 Å². The smallest absolute Gasteiger partial charge is 0.267 e. The van der Waals surface area contributed by atoms with Gasteiger partial charge in [0.2, 0.25) is 0 Å². The van der Waals surface area contributed by atoms with Gasteiger partial charge in [0.1, 0.15) is 10.7 Å². The van der Waals surface area contributed by atoms with Gasteiger partial charge in [-0.3, -0.25) is 4.79 Å². The Kier molecular flexibility index (Phi) is 5.60.